The van der Waals surface area contributed by atoms with Gasteiger partial charge >= 0.3 is 5.97 Å². The Morgan fingerprint density at radius 2 is 2.40 bits per heavy atom. The quantitative estimate of drug-likeness (QED) is 0.780. The highest BCUT2D eigenvalue weighted by molar-refractivity contribution is 5.85. The van der Waals surface area contributed by atoms with E-state index in [2.05, 4.69) is 19.6 Å². The number of carbonyl (C=O) groups is 1. The van der Waals surface area contributed by atoms with Crippen molar-refractivity contribution in [3.8, 4) is 0 Å². The van der Waals surface area contributed by atoms with Crippen LogP contribution in [0.4, 0.5) is 0 Å². The van der Waals surface area contributed by atoms with Crippen molar-refractivity contribution in [1.82, 2.24) is 19.7 Å². The number of aromatic nitrogens is 4. The summed E-state index contributed by atoms with van der Waals surface area (Å²) in [6, 6.07) is 0. The first-order chi connectivity index (χ1) is 7.18. The van der Waals surface area contributed by atoms with Gasteiger partial charge in [-0.3, -0.25) is 0 Å². The second-order valence-corrected chi connectivity index (χ2v) is 2.93. The normalized spacial score (nSPS) is 10.5. The van der Waals surface area contributed by atoms with Gasteiger partial charge in [-0.2, -0.15) is 4.98 Å². The van der Waals surface area contributed by atoms with Crippen LogP contribution in [0, 0.1) is 6.92 Å². The maximum atomic E-state index is 10.8. The van der Waals surface area contributed by atoms with Crippen LogP contribution >= 0.6 is 0 Å². The van der Waals surface area contributed by atoms with E-state index in [-0.39, 0.29) is 12.2 Å². The molecule has 15 heavy (non-hydrogen) atoms. The molecule has 0 saturated heterocycles. The Morgan fingerprint density at radius 1 is 1.60 bits per heavy atom. The van der Waals surface area contributed by atoms with Crippen LogP contribution in [0.2, 0.25) is 0 Å². The summed E-state index contributed by atoms with van der Waals surface area (Å²) in [5.74, 6) is -0.0186. The van der Waals surface area contributed by atoms with Crippen LogP contribution in [0.15, 0.2) is 17.1 Å². The molecule has 1 N–H and O–H groups in total. The third-order valence-corrected chi connectivity index (χ3v) is 1.98. The first-order valence-corrected chi connectivity index (χ1v) is 4.19. The van der Waals surface area contributed by atoms with E-state index in [1.54, 1.807) is 6.92 Å². The molecule has 2 aromatic heterocycles. The molecule has 0 radical (unpaired) electrons. The highest BCUT2D eigenvalue weighted by Crippen LogP contribution is 2.06. The molecule has 7 nitrogen and oxygen atoms in total. The number of aromatic carboxylic acids is 1. The zero-order valence-corrected chi connectivity index (χ0v) is 7.91. The number of nitrogens with zero attached hydrogens (tertiary/aromatic N) is 4. The fourth-order valence-corrected chi connectivity index (χ4v) is 1.24. The van der Waals surface area contributed by atoms with Crippen molar-refractivity contribution in [3.05, 3.63) is 29.9 Å². The molecule has 0 aromatic carbocycles. The van der Waals surface area contributed by atoms with Gasteiger partial charge in [-0.15, -0.1) is 0 Å². The van der Waals surface area contributed by atoms with Crippen LogP contribution in [0.5, 0.6) is 0 Å². The molecule has 0 fully saturated rings. The second-order valence-electron chi connectivity index (χ2n) is 2.93. The Labute approximate surface area is 84.4 Å². The van der Waals surface area contributed by atoms with Gasteiger partial charge in [0.15, 0.2) is 5.82 Å². The molecule has 2 aromatic rings. The topological polar surface area (TPSA) is 94.0 Å². The van der Waals surface area contributed by atoms with E-state index in [0.29, 0.717) is 11.6 Å². The standard InChI is InChI=1S/C8H8N4O3/c1-5-9-2-6(8(13)14)12(5)3-7-10-4-15-11-7/h2,4H,3H2,1H3,(H,13,14). The molecule has 0 aliphatic rings. The lowest BCUT2D eigenvalue weighted by molar-refractivity contribution is 0.0685. The van der Waals surface area contributed by atoms with Gasteiger partial charge in [-0.05, 0) is 6.92 Å². The molecule has 2 rings (SSSR count). The summed E-state index contributed by atoms with van der Waals surface area (Å²) in [6.07, 6.45) is 2.50. The predicted octanol–water partition coefficient (Wildman–Crippen LogP) is 0.321. The minimum absolute atomic E-state index is 0.109. The van der Waals surface area contributed by atoms with Crippen molar-refractivity contribution in [2.45, 2.75) is 13.5 Å². The Balaban J connectivity index is 2.35. The molecule has 0 spiro atoms. The summed E-state index contributed by atoms with van der Waals surface area (Å²) in [5.41, 5.74) is 0.109. The van der Waals surface area contributed by atoms with Crippen molar-refractivity contribution < 1.29 is 14.4 Å². The molecule has 78 valence electrons. The fraction of sp³-hybridized carbons (Fsp3) is 0.250. The molecule has 0 aliphatic carbocycles. The van der Waals surface area contributed by atoms with Crippen LogP contribution in [0.1, 0.15) is 22.1 Å². The van der Waals surface area contributed by atoms with Crippen LogP contribution in [-0.4, -0.2) is 30.8 Å². The van der Waals surface area contributed by atoms with Gasteiger partial charge in [-0.25, -0.2) is 9.78 Å². The van der Waals surface area contributed by atoms with Crippen molar-refractivity contribution in [3.63, 3.8) is 0 Å². The summed E-state index contributed by atoms with van der Waals surface area (Å²) in [5, 5.41) is 12.5. The van der Waals surface area contributed by atoms with Gasteiger partial charge in [0.1, 0.15) is 11.5 Å². The lowest BCUT2D eigenvalue weighted by atomic mass is 10.4. The number of hydrogen-bond acceptors (Lipinski definition) is 5. The number of hydrogen-bond donors (Lipinski definition) is 1. The Kier molecular flexibility index (Phi) is 2.20. The van der Waals surface area contributed by atoms with Crippen molar-refractivity contribution in [1.29, 1.82) is 0 Å². The highest BCUT2D eigenvalue weighted by atomic mass is 16.5. The first-order valence-electron chi connectivity index (χ1n) is 4.19. The van der Waals surface area contributed by atoms with E-state index in [9.17, 15) is 4.79 Å². The second kappa shape index (κ2) is 3.52. The smallest absolute Gasteiger partial charge is 0.354 e. The van der Waals surface area contributed by atoms with Crippen molar-refractivity contribution >= 4 is 5.97 Å². The van der Waals surface area contributed by atoms with Crippen LogP contribution in [-0.2, 0) is 6.54 Å². The molecule has 0 saturated carbocycles. The largest absolute Gasteiger partial charge is 0.477 e. The van der Waals surface area contributed by atoms with E-state index < -0.39 is 5.97 Å². The number of rotatable bonds is 3. The predicted molar refractivity (Wildman–Crippen MR) is 47.3 cm³/mol. The van der Waals surface area contributed by atoms with Gasteiger partial charge < -0.3 is 14.2 Å². The van der Waals surface area contributed by atoms with Crippen LogP contribution in [0.3, 0.4) is 0 Å². The molecule has 0 atom stereocenters. The molecule has 0 unspecified atom stereocenters. The molecular weight excluding hydrogens is 200 g/mol. The molecular formula is C8H8N4O3. The Hall–Kier alpha value is -2.18. The minimum Gasteiger partial charge on any atom is -0.477 e. The van der Waals surface area contributed by atoms with E-state index in [1.807, 2.05) is 0 Å². The Bertz CT molecular complexity index is 474. The van der Waals surface area contributed by atoms with Crippen LogP contribution in [0.25, 0.3) is 0 Å². The Morgan fingerprint density at radius 3 is 3.00 bits per heavy atom. The monoisotopic (exact) mass is 208 g/mol. The fourth-order valence-electron chi connectivity index (χ4n) is 1.24. The maximum Gasteiger partial charge on any atom is 0.354 e. The number of aryl methyl sites for hydroxylation is 1. The van der Waals surface area contributed by atoms with E-state index >= 15 is 0 Å². The first kappa shape index (κ1) is 9.38. The van der Waals surface area contributed by atoms with Gasteiger partial charge in [0.25, 0.3) is 0 Å². The average Bonchev–Trinajstić information content (AvgIpc) is 2.78. The van der Waals surface area contributed by atoms with Gasteiger partial charge in [0, 0.05) is 0 Å². The summed E-state index contributed by atoms with van der Waals surface area (Å²) < 4.78 is 6.07. The number of carboxylic acids is 1. The number of imidazole rings is 1. The van der Waals surface area contributed by atoms with Gasteiger partial charge in [0.2, 0.25) is 6.39 Å². The average molecular weight is 208 g/mol. The third kappa shape index (κ3) is 1.71. The zero-order valence-electron chi connectivity index (χ0n) is 7.91. The van der Waals surface area contributed by atoms with Gasteiger partial charge in [-0.1, -0.05) is 5.16 Å². The van der Waals surface area contributed by atoms with E-state index in [1.165, 1.54) is 17.2 Å². The molecule has 0 bridgehead atoms. The summed E-state index contributed by atoms with van der Waals surface area (Å²) in [4.78, 5) is 18.6. The van der Waals surface area contributed by atoms with E-state index in [4.69, 9.17) is 5.11 Å². The molecule has 0 amide bonds. The van der Waals surface area contributed by atoms with Crippen molar-refractivity contribution in [2.75, 3.05) is 0 Å². The SMILES string of the molecule is Cc1ncc(C(=O)O)n1Cc1ncon1. The molecule has 0 aliphatic heterocycles. The zero-order chi connectivity index (χ0) is 10.8. The number of carboxylic acid groups (broad SMARTS) is 1. The highest BCUT2D eigenvalue weighted by Gasteiger charge is 2.14. The molecule has 2 heterocycles. The lowest BCUT2D eigenvalue weighted by Gasteiger charge is -2.03. The van der Waals surface area contributed by atoms with Gasteiger partial charge in [0.05, 0.1) is 12.7 Å². The molecule has 7 heteroatoms. The summed E-state index contributed by atoms with van der Waals surface area (Å²) >= 11 is 0. The minimum atomic E-state index is -1.03. The summed E-state index contributed by atoms with van der Waals surface area (Å²) in [6.45, 7) is 1.95. The third-order valence-electron chi connectivity index (χ3n) is 1.98. The lowest BCUT2D eigenvalue weighted by Crippen LogP contribution is -2.11. The summed E-state index contributed by atoms with van der Waals surface area (Å²) in [7, 11) is 0. The maximum absolute atomic E-state index is 10.8. The van der Waals surface area contributed by atoms with E-state index in [0.717, 1.165) is 0 Å². The van der Waals surface area contributed by atoms with Crippen LogP contribution < -0.4 is 0 Å². The van der Waals surface area contributed by atoms with Crippen molar-refractivity contribution in [2.24, 2.45) is 0 Å².